The standard InChI is InChI=1S/C20H20FN3O4/c21-14-8-6-13(7-9-14)20(28)23-16-4-1-5-17-15(16)3-2-10-24(17)12-18(25)22-11-19(26)27/h1,4-9H,2-3,10-12H2,(H,22,25)(H,23,28)(H,26,27). The molecule has 0 aliphatic carbocycles. The van der Waals surface area contributed by atoms with Gasteiger partial charge in [-0.05, 0) is 54.8 Å². The van der Waals surface area contributed by atoms with Crippen molar-refractivity contribution in [3.05, 3.63) is 59.4 Å². The van der Waals surface area contributed by atoms with Crippen molar-refractivity contribution in [3.63, 3.8) is 0 Å². The Labute approximate surface area is 161 Å². The maximum Gasteiger partial charge on any atom is 0.322 e. The Bertz CT molecular complexity index is 899. The average Bonchev–Trinajstić information content (AvgIpc) is 2.67. The molecule has 0 unspecified atom stereocenters. The van der Waals surface area contributed by atoms with E-state index in [1.54, 1.807) is 12.1 Å². The van der Waals surface area contributed by atoms with Crippen molar-refractivity contribution in [2.24, 2.45) is 0 Å². The number of carboxylic acids is 1. The summed E-state index contributed by atoms with van der Waals surface area (Å²) in [5, 5.41) is 13.9. The number of rotatable bonds is 6. The smallest absolute Gasteiger partial charge is 0.322 e. The number of hydrogen-bond acceptors (Lipinski definition) is 4. The minimum absolute atomic E-state index is 0.0373. The van der Waals surface area contributed by atoms with Crippen LogP contribution in [0.3, 0.4) is 0 Å². The average molecular weight is 385 g/mol. The number of amides is 2. The van der Waals surface area contributed by atoms with Crippen LogP contribution in [0.15, 0.2) is 42.5 Å². The molecule has 8 heteroatoms. The molecular formula is C20H20FN3O4. The highest BCUT2D eigenvalue weighted by Gasteiger charge is 2.22. The maximum absolute atomic E-state index is 13.0. The van der Waals surface area contributed by atoms with Crippen molar-refractivity contribution in [1.29, 1.82) is 0 Å². The summed E-state index contributed by atoms with van der Waals surface area (Å²) in [6, 6.07) is 10.7. The summed E-state index contributed by atoms with van der Waals surface area (Å²) in [4.78, 5) is 36.9. The second-order valence-electron chi connectivity index (χ2n) is 6.46. The Morgan fingerprint density at radius 1 is 1.11 bits per heavy atom. The molecule has 146 valence electrons. The van der Waals surface area contributed by atoms with Gasteiger partial charge >= 0.3 is 5.97 Å². The van der Waals surface area contributed by atoms with Gasteiger partial charge in [-0.2, -0.15) is 0 Å². The molecule has 2 amide bonds. The molecule has 28 heavy (non-hydrogen) atoms. The molecule has 1 heterocycles. The van der Waals surface area contributed by atoms with Crippen molar-refractivity contribution in [1.82, 2.24) is 5.32 Å². The van der Waals surface area contributed by atoms with Crippen LogP contribution in [0.2, 0.25) is 0 Å². The van der Waals surface area contributed by atoms with Gasteiger partial charge in [0.15, 0.2) is 0 Å². The van der Waals surface area contributed by atoms with Crippen LogP contribution in [0.5, 0.6) is 0 Å². The molecule has 1 aliphatic rings. The number of nitrogens with zero attached hydrogens (tertiary/aromatic N) is 1. The fraction of sp³-hybridized carbons (Fsp3) is 0.250. The van der Waals surface area contributed by atoms with Crippen molar-refractivity contribution in [2.75, 3.05) is 29.9 Å². The van der Waals surface area contributed by atoms with E-state index < -0.39 is 18.3 Å². The van der Waals surface area contributed by atoms with E-state index in [1.807, 2.05) is 11.0 Å². The number of benzene rings is 2. The molecule has 0 spiro atoms. The van der Waals surface area contributed by atoms with Crippen LogP contribution in [-0.4, -0.2) is 42.5 Å². The van der Waals surface area contributed by atoms with Gasteiger partial charge in [-0.25, -0.2) is 4.39 Å². The van der Waals surface area contributed by atoms with Gasteiger partial charge in [-0.3, -0.25) is 14.4 Å². The molecule has 0 radical (unpaired) electrons. The third-order valence-electron chi connectivity index (χ3n) is 4.47. The molecule has 0 saturated carbocycles. The highest BCUT2D eigenvalue weighted by Crippen LogP contribution is 2.32. The van der Waals surface area contributed by atoms with Crippen molar-refractivity contribution >= 4 is 29.2 Å². The van der Waals surface area contributed by atoms with Gasteiger partial charge in [0.1, 0.15) is 12.4 Å². The molecule has 2 aromatic rings. The van der Waals surface area contributed by atoms with Gasteiger partial charge in [0, 0.05) is 23.5 Å². The lowest BCUT2D eigenvalue weighted by Crippen LogP contribution is -2.41. The number of carbonyl (C=O) groups excluding carboxylic acids is 2. The Morgan fingerprint density at radius 3 is 2.57 bits per heavy atom. The predicted molar refractivity (Wildman–Crippen MR) is 102 cm³/mol. The lowest BCUT2D eigenvalue weighted by molar-refractivity contribution is -0.137. The Kier molecular flexibility index (Phi) is 5.88. The van der Waals surface area contributed by atoms with Gasteiger partial charge in [0.2, 0.25) is 5.91 Å². The number of anilines is 2. The predicted octanol–water partition coefficient (Wildman–Crippen LogP) is 2.03. The number of halogens is 1. The first kappa shape index (κ1) is 19.3. The summed E-state index contributed by atoms with van der Waals surface area (Å²) >= 11 is 0. The minimum Gasteiger partial charge on any atom is -0.480 e. The largest absolute Gasteiger partial charge is 0.480 e. The molecule has 1 aliphatic heterocycles. The molecular weight excluding hydrogens is 365 g/mol. The van der Waals surface area contributed by atoms with Crippen molar-refractivity contribution < 1.29 is 23.9 Å². The number of carboxylic acid groups (broad SMARTS) is 1. The summed E-state index contributed by atoms with van der Waals surface area (Å²) in [7, 11) is 0. The highest BCUT2D eigenvalue weighted by atomic mass is 19.1. The molecule has 0 aromatic heterocycles. The lowest BCUT2D eigenvalue weighted by atomic mass is 9.99. The van der Waals surface area contributed by atoms with Gasteiger partial charge < -0.3 is 20.6 Å². The lowest BCUT2D eigenvalue weighted by Gasteiger charge is -2.32. The van der Waals surface area contributed by atoms with E-state index in [4.69, 9.17) is 5.11 Å². The molecule has 0 fully saturated rings. The summed E-state index contributed by atoms with van der Waals surface area (Å²) in [6.07, 6.45) is 1.53. The molecule has 3 N–H and O–H groups in total. The summed E-state index contributed by atoms with van der Waals surface area (Å²) in [5.74, 6) is -2.23. The summed E-state index contributed by atoms with van der Waals surface area (Å²) in [5.41, 5.74) is 2.73. The fourth-order valence-corrected chi connectivity index (χ4v) is 3.18. The van der Waals surface area contributed by atoms with Gasteiger partial charge in [-0.15, -0.1) is 0 Å². The fourth-order valence-electron chi connectivity index (χ4n) is 3.18. The normalized spacial score (nSPS) is 12.8. The van der Waals surface area contributed by atoms with E-state index >= 15 is 0 Å². The Morgan fingerprint density at radius 2 is 1.86 bits per heavy atom. The van der Waals surface area contributed by atoms with Crippen LogP contribution >= 0.6 is 0 Å². The number of fused-ring (bicyclic) bond motifs is 1. The number of nitrogens with one attached hydrogen (secondary N) is 2. The van der Waals surface area contributed by atoms with Crippen molar-refractivity contribution in [3.8, 4) is 0 Å². The summed E-state index contributed by atoms with van der Waals surface area (Å²) < 4.78 is 13.0. The molecule has 0 saturated heterocycles. The monoisotopic (exact) mass is 385 g/mol. The first-order valence-corrected chi connectivity index (χ1v) is 8.86. The first-order chi connectivity index (χ1) is 13.4. The van der Waals surface area contributed by atoms with Crippen LogP contribution in [0.4, 0.5) is 15.8 Å². The van der Waals surface area contributed by atoms with E-state index in [0.29, 0.717) is 17.8 Å². The van der Waals surface area contributed by atoms with Crippen molar-refractivity contribution in [2.45, 2.75) is 12.8 Å². The molecule has 7 nitrogen and oxygen atoms in total. The SMILES string of the molecule is O=C(O)CNC(=O)CN1CCCc2c(NC(=O)c3ccc(F)cc3)cccc21. The van der Waals surface area contributed by atoms with Gasteiger partial charge in [0.05, 0.1) is 6.54 Å². The van der Waals surface area contributed by atoms with E-state index in [0.717, 1.165) is 24.1 Å². The molecule has 0 atom stereocenters. The van der Waals surface area contributed by atoms with Crippen LogP contribution in [0, 0.1) is 5.82 Å². The molecule has 0 bridgehead atoms. The zero-order valence-electron chi connectivity index (χ0n) is 15.1. The topological polar surface area (TPSA) is 98.7 Å². The van der Waals surface area contributed by atoms with Gasteiger partial charge in [-0.1, -0.05) is 6.07 Å². The van der Waals surface area contributed by atoms with Crippen LogP contribution in [0.1, 0.15) is 22.3 Å². The zero-order valence-corrected chi connectivity index (χ0v) is 15.1. The van der Waals surface area contributed by atoms with E-state index in [1.165, 1.54) is 24.3 Å². The van der Waals surface area contributed by atoms with E-state index in [9.17, 15) is 18.8 Å². The second-order valence-corrected chi connectivity index (χ2v) is 6.46. The third kappa shape index (κ3) is 4.64. The number of aliphatic carboxylic acids is 1. The Hall–Kier alpha value is -3.42. The minimum atomic E-state index is -1.10. The quantitative estimate of drug-likeness (QED) is 0.707. The summed E-state index contributed by atoms with van der Waals surface area (Å²) in [6.45, 7) is 0.270. The number of hydrogen-bond donors (Lipinski definition) is 3. The van der Waals surface area contributed by atoms with Gasteiger partial charge in [0.25, 0.3) is 5.91 Å². The molecule has 3 rings (SSSR count). The Balaban J connectivity index is 1.75. The third-order valence-corrected chi connectivity index (χ3v) is 4.47. The van der Waals surface area contributed by atoms with Crippen LogP contribution < -0.4 is 15.5 Å². The molecule has 2 aromatic carbocycles. The van der Waals surface area contributed by atoms with E-state index in [-0.39, 0.29) is 18.4 Å². The second kappa shape index (κ2) is 8.51. The van der Waals surface area contributed by atoms with Crippen LogP contribution in [-0.2, 0) is 16.0 Å². The number of carbonyl (C=O) groups is 3. The highest BCUT2D eigenvalue weighted by molar-refractivity contribution is 6.05. The van der Waals surface area contributed by atoms with E-state index in [2.05, 4.69) is 10.6 Å². The van der Waals surface area contributed by atoms with Crippen LogP contribution in [0.25, 0.3) is 0 Å². The zero-order chi connectivity index (χ0) is 20.1. The maximum atomic E-state index is 13.0. The first-order valence-electron chi connectivity index (χ1n) is 8.86.